The van der Waals surface area contributed by atoms with Crippen LogP contribution >= 0.6 is 11.6 Å². The van der Waals surface area contributed by atoms with Crippen molar-refractivity contribution >= 4 is 28.9 Å². The van der Waals surface area contributed by atoms with Gasteiger partial charge in [0.25, 0.3) is 11.6 Å². The zero-order valence-electron chi connectivity index (χ0n) is 14.0. The molecule has 1 amide bonds. The molecule has 7 nitrogen and oxygen atoms in total. The Hall–Kier alpha value is -3.45. The second-order valence-corrected chi connectivity index (χ2v) is 5.92. The summed E-state index contributed by atoms with van der Waals surface area (Å²) < 4.78 is 5.60. The van der Waals surface area contributed by atoms with Gasteiger partial charge in [-0.05, 0) is 29.8 Å². The third kappa shape index (κ3) is 4.80. The molecule has 3 aromatic rings. The van der Waals surface area contributed by atoms with E-state index in [1.165, 1.54) is 30.5 Å². The highest BCUT2D eigenvalue weighted by atomic mass is 35.5. The molecule has 1 N–H and O–H groups in total. The first kappa shape index (κ1) is 18.3. The molecule has 0 bridgehead atoms. The third-order valence-electron chi connectivity index (χ3n) is 3.65. The summed E-state index contributed by atoms with van der Waals surface area (Å²) in [5, 5.41) is 14.1. The summed E-state index contributed by atoms with van der Waals surface area (Å²) >= 11 is 5.69. The molecule has 27 heavy (non-hydrogen) atoms. The van der Waals surface area contributed by atoms with Crippen molar-refractivity contribution in [3.05, 3.63) is 93.3 Å². The number of hydrogen-bond donors (Lipinski definition) is 1. The molecule has 136 valence electrons. The van der Waals surface area contributed by atoms with Crippen molar-refractivity contribution in [2.24, 2.45) is 0 Å². The molecule has 0 saturated carbocycles. The summed E-state index contributed by atoms with van der Waals surface area (Å²) in [6.07, 6.45) is 1.29. The maximum Gasteiger partial charge on any atom is 0.296 e. The van der Waals surface area contributed by atoms with Gasteiger partial charge in [0.1, 0.15) is 23.2 Å². The first-order valence-corrected chi connectivity index (χ1v) is 8.29. The predicted molar refractivity (Wildman–Crippen MR) is 101 cm³/mol. The third-order valence-corrected chi connectivity index (χ3v) is 3.88. The highest BCUT2D eigenvalue weighted by Gasteiger charge is 2.18. The Labute approximate surface area is 159 Å². The lowest BCUT2D eigenvalue weighted by Gasteiger charge is -2.09. The van der Waals surface area contributed by atoms with E-state index in [1.807, 2.05) is 30.3 Å². The molecule has 0 fully saturated rings. The summed E-state index contributed by atoms with van der Waals surface area (Å²) in [6.45, 7) is 0.278. The molecule has 0 radical (unpaired) electrons. The number of nitro groups is 1. The van der Waals surface area contributed by atoms with Gasteiger partial charge in [0.2, 0.25) is 0 Å². The smallest absolute Gasteiger partial charge is 0.296 e. The van der Waals surface area contributed by atoms with Crippen molar-refractivity contribution in [3.63, 3.8) is 0 Å². The van der Waals surface area contributed by atoms with E-state index in [-0.39, 0.29) is 28.7 Å². The van der Waals surface area contributed by atoms with E-state index >= 15 is 0 Å². The monoisotopic (exact) mass is 383 g/mol. The van der Waals surface area contributed by atoms with Crippen LogP contribution in [0.2, 0.25) is 5.15 Å². The van der Waals surface area contributed by atoms with Crippen LogP contribution in [0.15, 0.2) is 66.9 Å². The molecule has 0 aliphatic rings. The average molecular weight is 384 g/mol. The van der Waals surface area contributed by atoms with Gasteiger partial charge in [-0.15, -0.1) is 0 Å². The van der Waals surface area contributed by atoms with Crippen LogP contribution in [0.3, 0.4) is 0 Å². The van der Waals surface area contributed by atoms with Crippen molar-refractivity contribution in [1.82, 2.24) is 4.98 Å². The fourth-order valence-electron chi connectivity index (χ4n) is 2.30. The molecule has 0 unspecified atom stereocenters. The number of amides is 1. The van der Waals surface area contributed by atoms with Gasteiger partial charge in [-0.3, -0.25) is 14.9 Å². The molecule has 0 spiro atoms. The summed E-state index contributed by atoms with van der Waals surface area (Å²) in [4.78, 5) is 26.9. The Bertz CT molecular complexity index is 962. The molecule has 2 aromatic carbocycles. The second-order valence-electron chi connectivity index (χ2n) is 5.53. The van der Waals surface area contributed by atoms with Crippen LogP contribution < -0.4 is 10.1 Å². The lowest BCUT2D eigenvalue weighted by molar-refractivity contribution is -0.384. The van der Waals surface area contributed by atoms with Crippen LogP contribution in [0, 0.1) is 10.1 Å². The summed E-state index contributed by atoms with van der Waals surface area (Å²) in [7, 11) is 0. The SMILES string of the molecule is O=C(Nc1ccc(OCc2ccccc2)cc1[N+](=O)[O-])c1ccc(Cl)nc1. The van der Waals surface area contributed by atoms with Gasteiger partial charge < -0.3 is 10.1 Å². The summed E-state index contributed by atoms with van der Waals surface area (Å²) in [5.74, 6) is -0.197. The quantitative estimate of drug-likeness (QED) is 0.385. The van der Waals surface area contributed by atoms with Crippen molar-refractivity contribution in [1.29, 1.82) is 0 Å². The standard InChI is InChI=1S/C19H14ClN3O4/c20-18-9-6-14(11-21-18)19(24)22-16-8-7-15(10-17(16)23(25)26)27-12-13-4-2-1-3-5-13/h1-11H,12H2,(H,22,24). The molecule has 1 aromatic heterocycles. The molecule has 0 atom stereocenters. The van der Waals surface area contributed by atoms with Crippen LogP contribution in [-0.4, -0.2) is 15.8 Å². The first-order chi connectivity index (χ1) is 13.0. The lowest BCUT2D eigenvalue weighted by atomic mass is 10.2. The van der Waals surface area contributed by atoms with Crippen LogP contribution in [0.5, 0.6) is 5.75 Å². The van der Waals surface area contributed by atoms with Gasteiger partial charge >= 0.3 is 0 Å². The van der Waals surface area contributed by atoms with Crippen molar-refractivity contribution in [3.8, 4) is 5.75 Å². The van der Waals surface area contributed by atoms with E-state index in [4.69, 9.17) is 16.3 Å². The molecule has 0 aliphatic carbocycles. The minimum atomic E-state index is -0.578. The van der Waals surface area contributed by atoms with Crippen molar-refractivity contribution in [2.75, 3.05) is 5.32 Å². The van der Waals surface area contributed by atoms with Gasteiger partial charge in [0, 0.05) is 6.20 Å². The fourth-order valence-corrected chi connectivity index (χ4v) is 2.42. The average Bonchev–Trinajstić information content (AvgIpc) is 2.68. The molecular weight excluding hydrogens is 370 g/mol. The predicted octanol–water partition coefficient (Wildman–Crippen LogP) is 4.47. The Kier molecular flexibility index (Phi) is 5.63. The Balaban J connectivity index is 1.76. The van der Waals surface area contributed by atoms with Gasteiger partial charge in [0.05, 0.1) is 16.6 Å². The maximum atomic E-state index is 12.2. The number of nitrogens with zero attached hydrogens (tertiary/aromatic N) is 2. The van der Waals surface area contributed by atoms with E-state index in [1.54, 1.807) is 6.07 Å². The van der Waals surface area contributed by atoms with Gasteiger partial charge in [-0.1, -0.05) is 41.9 Å². The van der Waals surface area contributed by atoms with E-state index in [0.717, 1.165) is 5.56 Å². The number of carbonyl (C=O) groups excluding carboxylic acids is 1. The minimum absolute atomic E-state index is 0.0620. The zero-order chi connectivity index (χ0) is 19.2. The number of pyridine rings is 1. The number of halogens is 1. The van der Waals surface area contributed by atoms with E-state index < -0.39 is 10.8 Å². The number of anilines is 1. The molecule has 1 heterocycles. The number of hydrogen-bond acceptors (Lipinski definition) is 5. The number of ether oxygens (including phenoxy) is 1. The van der Waals surface area contributed by atoms with Gasteiger partial charge in [0.15, 0.2) is 0 Å². The van der Waals surface area contributed by atoms with Crippen molar-refractivity contribution in [2.45, 2.75) is 6.61 Å². The normalized spacial score (nSPS) is 10.3. The van der Waals surface area contributed by atoms with Crippen LogP contribution in [-0.2, 0) is 6.61 Å². The number of benzene rings is 2. The van der Waals surface area contributed by atoms with Crippen LogP contribution in [0.4, 0.5) is 11.4 Å². The highest BCUT2D eigenvalue weighted by molar-refractivity contribution is 6.29. The molecule has 3 rings (SSSR count). The minimum Gasteiger partial charge on any atom is -0.489 e. The largest absolute Gasteiger partial charge is 0.489 e. The van der Waals surface area contributed by atoms with E-state index in [0.29, 0.717) is 5.75 Å². The molecule has 8 heteroatoms. The summed E-state index contributed by atoms with van der Waals surface area (Å²) in [6, 6.07) is 16.6. The Morgan fingerprint density at radius 2 is 1.93 bits per heavy atom. The number of nitrogens with one attached hydrogen (secondary N) is 1. The number of aromatic nitrogens is 1. The lowest BCUT2D eigenvalue weighted by Crippen LogP contribution is -2.13. The fraction of sp³-hybridized carbons (Fsp3) is 0.0526. The number of carbonyl (C=O) groups is 1. The number of nitro benzene ring substituents is 1. The van der Waals surface area contributed by atoms with Crippen LogP contribution in [0.1, 0.15) is 15.9 Å². The Morgan fingerprint density at radius 1 is 1.15 bits per heavy atom. The highest BCUT2D eigenvalue weighted by Crippen LogP contribution is 2.30. The number of rotatable bonds is 6. The second kappa shape index (κ2) is 8.29. The molecular formula is C19H14ClN3O4. The van der Waals surface area contributed by atoms with Crippen molar-refractivity contribution < 1.29 is 14.5 Å². The Morgan fingerprint density at radius 3 is 2.59 bits per heavy atom. The molecule has 0 saturated heterocycles. The van der Waals surface area contributed by atoms with E-state index in [9.17, 15) is 14.9 Å². The summed E-state index contributed by atoms with van der Waals surface area (Å²) in [5.41, 5.74) is 0.966. The first-order valence-electron chi connectivity index (χ1n) is 7.91. The maximum absolute atomic E-state index is 12.2. The van der Waals surface area contributed by atoms with E-state index in [2.05, 4.69) is 10.3 Å². The topological polar surface area (TPSA) is 94.4 Å². The van der Waals surface area contributed by atoms with Crippen LogP contribution in [0.25, 0.3) is 0 Å². The molecule has 0 aliphatic heterocycles. The van der Waals surface area contributed by atoms with Gasteiger partial charge in [-0.2, -0.15) is 0 Å². The zero-order valence-corrected chi connectivity index (χ0v) is 14.7. The van der Waals surface area contributed by atoms with Gasteiger partial charge in [-0.25, -0.2) is 4.98 Å².